The van der Waals surface area contributed by atoms with E-state index < -0.39 is 0 Å². The summed E-state index contributed by atoms with van der Waals surface area (Å²) in [5.41, 5.74) is 0. The molecule has 0 N–H and O–H groups in total. The molecule has 0 atom stereocenters. The highest BCUT2D eigenvalue weighted by Crippen LogP contribution is 2.32. The molecule has 23 heavy (non-hydrogen) atoms. The Bertz CT molecular complexity index is 649. The van der Waals surface area contributed by atoms with Crippen LogP contribution in [-0.2, 0) is 9.59 Å². The standard InChI is InChI=1S/C15H17N3O3S2/c1-16-4-6-17(7-5-16)13(19)10-18-14(20)12(23-15(18)21)9-11-3-2-8-22-11/h2-3,8-9H,4-7,10H2,1H3. The summed E-state index contributed by atoms with van der Waals surface area (Å²) in [7, 11) is 2.01. The lowest BCUT2D eigenvalue weighted by Gasteiger charge is -2.33. The van der Waals surface area contributed by atoms with E-state index >= 15 is 0 Å². The Morgan fingerprint density at radius 2 is 2.00 bits per heavy atom. The largest absolute Gasteiger partial charge is 0.339 e. The van der Waals surface area contributed by atoms with Crippen LogP contribution < -0.4 is 0 Å². The van der Waals surface area contributed by atoms with Crippen molar-refractivity contribution in [1.29, 1.82) is 0 Å². The molecule has 0 saturated carbocycles. The van der Waals surface area contributed by atoms with Crippen LogP contribution in [0.15, 0.2) is 22.4 Å². The summed E-state index contributed by atoms with van der Waals surface area (Å²) in [6.07, 6.45) is 1.70. The number of piperazine rings is 1. The number of carbonyl (C=O) groups excluding carboxylic acids is 3. The fourth-order valence-electron chi connectivity index (χ4n) is 2.43. The van der Waals surface area contributed by atoms with Crippen LogP contribution in [0.2, 0.25) is 0 Å². The van der Waals surface area contributed by atoms with Crippen molar-refractivity contribution in [3.8, 4) is 0 Å². The lowest BCUT2D eigenvalue weighted by atomic mass is 10.3. The zero-order chi connectivity index (χ0) is 16.4. The van der Waals surface area contributed by atoms with Gasteiger partial charge in [-0.1, -0.05) is 6.07 Å². The van der Waals surface area contributed by atoms with Crippen LogP contribution in [0.4, 0.5) is 4.79 Å². The number of nitrogens with zero attached hydrogens (tertiary/aromatic N) is 3. The zero-order valence-corrected chi connectivity index (χ0v) is 14.4. The van der Waals surface area contributed by atoms with Gasteiger partial charge in [-0.3, -0.25) is 19.3 Å². The zero-order valence-electron chi connectivity index (χ0n) is 12.7. The predicted octanol–water partition coefficient (Wildman–Crippen LogP) is 1.56. The summed E-state index contributed by atoms with van der Waals surface area (Å²) >= 11 is 2.39. The molecule has 1 aromatic heterocycles. The molecule has 0 aromatic carbocycles. The van der Waals surface area contributed by atoms with E-state index in [9.17, 15) is 14.4 Å². The Kier molecular flexibility index (Phi) is 4.84. The van der Waals surface area contributed by atoms with Gasteiger partial charge in [-0.15, -0.1) is 11.3 Å². The third kappa shape index (κ3) is 3.65. The Hall–Kier alpha value is -1.64. The topological polar surface area (TPSA) is 60.9 Å². The molecule has 2 fully saturated rings. The quantitative estimate of drug-likeness (QED) is 0.774. The van der Waals surface area contributed by atoms with E-state index in [-0.39, 0.29) is 23.6 Å². The number of rotatable bonds is 3. The van der Waals surface area contributed by atoms with Crippen LogP contribution in [0.3, 0.4) is 0 Å². The Balaban J connectivity index is 1.65. The second kappa shape index (κ2) is 6.86. The van der Waals surface area contributed by atoms with Gasteiger partial charge in [-0.05, 0) is 36.3 Å². The van der Waals surface area contributed by atoms with Gasteiger partial charge in [0.2, 0.25) is 5.91 Å². The molecule has 1 aromatic rings. The monoisotopic (exact) mass is 351 g/mol. The van der Waals surface area contributed by atoms with Crippen LogP contribution in [0, 0.1) is 0 Å². The molecule has 3 rings (SSSR count). The second-order valence-electron chi connectivity index (χ2n) is 5.47. The molecule has 2 aliphatic heterocycles. The summed E-state index contributed by atoms with van der Waals surface area (Å²) in [5, 5.41) is 1.53. The average Bonchev–Trinajstić information content (AvgIpc) is 3.12. The van der Waals surface area contributed by atoms with Gasteiger partial charge in [0.15, 0.2) is 0 Å². The van der Waals surface area contributed by atoms with Gasteiger partial charge in [-0.25, -0.2) is 0 Å². The van der Waals surface area contributed by atoms with E-state index in [1.54, 1.807) is 11.0 Å². The summed E-state index contributed by atoms with van der Waals surface area (Å²) in [6.45, 7) is 2.72. The van der Waals surface area contributed by atoms with Gasteiger partial charge in [0.25, 0.3) is 11.1 Å². The van der Waals surface area contributed by atoms with Crippen molar-refractivity contribution >= 4 is 46.2 Å². The maximum atomic E-state index is 12.4. The van der Waals surface area contributed by atoms with E-state index in [0.717, 1.165) is 34.6 Å². The van der Waals surface area contributed by atoms with E-state index in [1.165, 1.54) is 11.3 Å². The van der Waals surface area contributed by atoms with Crippen LogP contribution in [0.5, 0.6) is 0 Å². The SMILES string of the molecule is CN1CCN(C(=O)CN2C(=O)SC(=Cc3cccs3)C2=O)CC1. The molecule has 122 valence electrons. The van der Waals surface area contributed by atoms with E-state index in [2.05, 4.69) is 4.90 Å². The highest BCUT2D eigenvalue weighted by Gasteiger charge is 2.37. The molecule has 6 nitrogen and oxygen atoms in total. The van der Waals surface area contributed by atoms with Crippen LogP contribution in [0.1, 0.15) is 4.88 Å². The summed E-state index contributed by atoms with van der Waals surface area (Å²) < 4.78 is 0. The maximum absolute atomic E-state index is 12.4. The highest BCUT2D eigenvalue weighted by atomic mass is 32.2. The molecule has 3 heterocycles. The summed E-state index contributed by atoms with van der Waals surface area (Å²) in [6, 6.07) is 3.77. The van der Waals surface area contributed by atoms with Crippen molar-refractivity contribution < 1.29 is 14.4 Å². The van der Waals surface area contributed by atoms with E-state index in [1.807, 2.05) is 24.6 Å². The molecule has 2 aliphatic rings. The van der Waals surface area contributed by atoms with E-state index in [4.69, 9.17) is 0 Å². The first-order chi connectivity index (χ1) is 11.0. The number of hydrogen-bond donors (Lipinski definition) is 0. The first kappa shape index (κ1) is 16.2. The second-order valence-corrected chi connectivity index (χ2v) is 7.44. The maximum Gasteiger partial charge on any atom is 0.294 e. The van der Waals surface area contributed by atoms with Gasteiger partial charge in [0, 0.05) is 31.1 Å². The molecule has 0 unspecified atom stereocenters. The first-order valence-electron chi connectivity index (χ1n) is 7.30. The van der Waals surface area contributed by atoms with Gasteiger partial charge in [0.05, 0.1) is 4.91 Å². The fraction of sp³-hybridized carbons (Fsp3) is 0.400. The third-order valence-corrected chi connectivity index (χ3v) is 5.57. The number of hydrogen-bond acceptors (Lipinski definition) is 6. The first-order valence-corrected chi connectivity index (χ1v) is 8.99. The van der Waals surface area contributed by atoms with Crippen LogP contribution in [0.25, 0.3) is 6.08 Å². The van der Waals surface area contributed by atoms with Crippen molar-refractivity contribution in [1.82, 2.24) is 14.7 Å². The lowest BCUT2D eigenvalue weighted by Crippen LogP contribution is -2.50. The van der Waals surface area contributed by atoms with Crippen LogP contribution >= 0.6 is 23.1 Å². The molecular formula is C15H17N3O3S2. The molecule has 3 amide bonds. The van der Waals surface area contributed by atoms with Crippen molar-refractivity contribution in [3.63, 3.8) is 0 Å². The smallest absolute Gasteiger partial charge is 0.294 e. The van der Waals surface area contributed by atoms with Gasteiger partial charge < -0.3 is 9.80 Å². The highest BCUT2D eigenvalue weighted by molar-refractivity contribution is 8.18. The molecule has 0 bridgehead atoms. The molecular weight excluding hydrogens is 334 g/mol. The number of carbonyl (C=O) groups is 3. The van der Waals surface area contributed by atoms with Crippen molar-refractivity contribution in [2.24, 2.45) is 0 Å². The number of amides is 3. The molecule has 2 saturated heterocycles. The normalized spacial score (nSPS) is 21.5. The Morgan fingerprint density at radius 3 is 2.65 bits per heavy atom. The van der Waals surface area contributed by atoms with E-state index in [0.29, 0.717) is 18.0 Å². The molecule has 0 aliphatic carbocycles. The number of thioether (sulfide) groups is 1. The molecule has 0 radical (unpaired) electrons. The fourth-order valence-corrected chi connectivity index (χ4v) is 3.99. The minimum absolute atomic E-state index is 0.169. The predicted molar refractivity (Wildman–Crippen MR) is 91.1 cm³/mol. The Labute approximate surface area is 142 Å². The van der Waals surface area contributed by atoms with Gasteiger partial charge in [-0.2, -0.15) is 0 Å². The van der Waals surface area contributed by atoms with Crippen LogP contribution in [-0.4, -0.2) is 71.5 Å². The third-order valence-electron chi connectivity index (χ3n) is 3.84. The van der Waals surface area contributed by atoms with Crippen molar-refractivity contribution in [2.45, 2.75) is 0 Å². The number of likely N-dealkylation sites (N-methyl/N-ethyl adjacent to an activating group) is 1. The Morgan fingerprint density at radius 1 is 1.26 bits per heavy atom. The lowest BCUT2D eigenvalue weighted by molar-refractivity contribution is -0.137. The van der Waals surface area contributed by atoms with Crippen molar-refractivity contribution in [2.75, 3.05) is 39.8 Å². The van der Waals surface area contributed by atoms with Gasteiger partial charge >= 0.3 is 0 Å². The summed E-state index contributed by atoms with van der Waals surface area (Å²) in [4.78, 5) is 42.9. The molecule has 0 spiro atoms. The van der Waals surface area contributed by atoms with Gasteiger partial charge in [0.1, 0.15) is 6.54 Å². The molecule has 8 heteroatoms. The minimum atomic E-state index is -0.379. The number of imide groups is 1. The minimum Gasteiger partial charge on any atom is -0.339 e. The van der Waals surface area contributed by atoms with Crippen molar-refractivity contribution in [3.05, 3.63) is 27.3 Å². The number of thiophene rings is 1. The summed E-state index contributed by atoms with van der Waals surface area (Å²) in [5.74, 6) is -0.548. The average molecular weight is 351 g/mol.